The van der Waals surface area contributed by atoms with Crippen LogP contribution in [-0.2, 0) is 16.0 Å². The molecule has 114 valence electrons. The molecule has 5 nitrogen and oxygen atoms in total. The van der Waals surface area contributed by atoms with Gasteiger partial charge in [-0.2, -0.15) is 0 Å². The molecule has 0 aliphatic carbocycles. The monoisotopic (exact) mass is 290 g/mol. The molecule has 1 aromatic carbocycles. The summed E-state index contributed by atoms with van der Waals surface area (Å²) in [4.78, 5) is 13.9. The lowest BCUT2D eigenvalue weighted by molar-refractivity contribution is -0.135. The maximum absolute atomic E-state index is 12.0. The van der Waals surface area contributed by atoms with Crippen molar-refractivity contribution in [2.45, 2.75) is 18.9 Å². The second-order valence-electron chi connectivity index (χ2n) is 5.50. The number of carbonyl (C=O) groups excluding carboxylic acids is 1. The van der Waals surface area contributed by atoms with Crippen molar-refractivity contribution in [2.75, 3.05) is 39.4 Å². The molecule has 0 spiro atoms. The van der Waals surface area contributed by atoms with E-state index in [1.54, 1.807) is 0 Å². The van der Waals surface area contributed by atoms with Crippen LogP contribution in [0.15, 0.2) is 24.3 Å². The lowest BCUT2D eigenvalue weighted by Crippen LogP contribution is -2.42. The van der Waals surface area contributed by atoms with Gasteiger partial charge in [-0.15, -0.1) is 0 Å². The van der Waals surface area contributed by atoms with Gasteiger partial charge in [0.05, 0.1) is 13.2 Å². The largest absolute Gasteiger partial charge is 0.488 e. The molecule has 1 unspecified atom stereocenters. The molecule has 1 aromatic rings. The number of nitrogens with one attached hydrogen (secondary N) is 1. The van der Waals surface area contributed by atoms with E-state index in [0.29, 0.717) is 26.2 Å². The fraction of sp³-hybridized carbons (Fsp3) is 0.562. The molecule has 0 saturated carbocycles. The van der Waals surface area contributed by atoms with Gasteiger partial charge in [-0.25, -0.2) is 0 Å². The molecule has 0 aromatic heterocycles. The molecule has 1 atom stereocenters. The van der Waals surface area contributed by atoms with Crippen molar-refractivity contribution in [1.29, 1.82) is 0 Å². The summed E-state index contributed by atoms with van der Waals surface area (Å²) >= 11 is 0. The summed E-state index contributed by atoms with van der Waals surface area (Å²) in [5, 5.41) is 3.33. The number of fused-ring (bicyclic) bond motifs is 1. The summed E-state index contributed by atoms with van der Waals surface area (Å²) in [5.74, 6) is 1.20. The average molecular weight is 290 g/mol. The van der Waals surface area contributed by atoms with Crippen molar-refractivity contribution >= 4 is 5.91 Å². The fourth-order valence-electron chi connectivity index (χ4n) is 2.80. The van der Waals surface area contributed by atoms with Crippen LogP contribution in [0.4, 0.5) is 0 Å². The summed E-state index contributed by atoms with van der Waals surface area (Å²) in [6.45, 7) is 4.25. The van der Waals surface area contributed by atoms with Crippen LogP contribution in [0.5, 0.6) is 5.75 Å². The number of para-hydroxylation sites is 1. The first-order valence-electron chi connectivity index (χ1n) is 7.64. The Bertz CT molecular complexity index is 461. The average Bonchev–Trinajstić information content (AvgIpc) is 2.95. The van der Waals surface area contributed by atoms with Gasteiger partial charge in [0.25, 0.3) is 0 Å². The van der Waals surface area contributed by atoms with Crippen LogP contribution < -0.4 is 10.1 Å². The Kier molecular flexibility index (Phi) is 4.72. The quantitative estimate of drug-likeness (QED) is 0.816. The van der Waals surface area contributed by atoms with Gasteiger partial charge in [-0.05, 0) is 11.6 Å². The van der Waals surface area contributed by atoms with Gasteiger partial charge < -0.3 is 19.7 Å². The minimum atomic E-state index is 0.181. The third kappa shape index (κ3) is 3.74. The third-order valence-electron chi connectivity index (χ3n) is 3.97. The summed E-state index contributed by atoms with van der Waals surface area (Å²) < 4.78 is 11.1. The number of benzene rings is 1. The summed E-state index contributed by atoms with van der Waals surface area (Å²) in [5.41, 5.74) is 1.27. The van der Waals surface area contributed by atoms with Crippen molar-refractivity contribution in [1.82, 2.24) is 10.2 Å². The number of hydrogen-bond acceptors (Lipinski definition) is 4. The van der Waals surface area contributed by atoms with E-state index in [1.807, 2.05) is 23.1 Å². The molecule has 0 bridgehead atoms. The Balaban J connectivity index is 1.33. The van der Waals surface area contributed by atoms with Crippen LogP contribution in [0.3, 0.4) is 0 Å². The van der Waals surface area contributed by atoms with Crippen LogP contribution in [0.1, 0.15) is 12.0 Å². The molecule has 3 rings (SSSR count). The number of nitrogens with zero attached hydrogens (tertiary/aromatic N) is 1. The molecule has 0 radical (unpaired) electrons. The van der Waals surface area contributed by atoms with Crippen molar-refractivity contribution in [2.24, 2.45) is 0 Å². The van der Waals surface area contributed by atoms with E-state index in [9.17, 15) is 4.79 Å². The number of rotatable bonds is 5. The fourth-order valence-corrected chi connectivity index (χ4v) is 2.80. The van der Waals surface area contributed by atoms with Gasteiger partial charge in [0.2, 0.25) is 5.91 Å². The number of carbonyl (C=O) groups is 1. The van der Waals surface area contributed by atoms with E-state index in [1.165, 1.54) is 5.56 Å². The molecule has 1 amide bonds. The molecule has 1 saturated heterocycles. The van der Waals surface area contributed by atoms with Crippen molar-refractivity contribution < 1.29 is 14.3 Å². The van der Waals surface area contributed by atoms with Crippen LogP contribution in [0, 0.1) is 0 Å². The van der Waals surface area contributed by atoms with Gasteiger partial charge in [-0.1, -0.05) is 18.2 Å². The number of ether oxygens (including phenoxy) is 2. The molecular weight excluding hydrogens is 268 g/mol. The second-order valence-corrected chi connectivity index (χ2v) is 5.50. The van der Waals surface area contributed by atoms with E-state index >= 15 is 0 Å². The van der Waals surface area contributed by atoms with Gasteiger partial charge in [0.1, 0.15) is 11.9 Å². The Labute approximate surface area is 125 Å². The van der Waals surface area contributed by atoms with E-state index in [0.717, 1.165) is 31.8 Å². The van der Waals surface area contributed by atoms with Gasteiger partial charge in [0, 0.05) is 39.0 Å². The van der Waals surface area contributed by atoms with Gasteiger partial charge in [0.15, 0.2) is 0 Å². The predicted octanol–water partition coefficient (Wildman–Crippen LogP) is 0.829. The van der Waals surface area contributed by atoms with Crippen LogP contribution in [0.2, 0.25) is 0 Å². The van der Waals surface area contributed by atoms with Gasteiger partial charge in [-0.3, -0.25) is 4.79 Å². The van der Waals surface area contributed by atoms with E-state index < -0.39 is 0 Å². The van der Waals surface area contributed by atoms with Crippen LogP contribution in [-0.4, -0.2) is 56.3 Å². The van der Waals surface area contributed by atoms with E-state index in [2.05, 4.69) is 11.4 Å². The molecule has 2 heterocycles. The molecule has 1 N–H and O–H groups in total. The first-order valence-corrected chi connectivity index (χ1v) is 7.64. The Morgan fingerprint density at radius 3 is 2.90 bits per heavy atom. The van der Waals surface area contributed by atoms with Crippen LogP contribution >= 0.6 is 0 Å². The van der Waals surface area contributed by atoms with Crippen molar-refractivity contribution in [3.8, 4) is 5.75 Å². The molecule has 1 fully saturated rings. The molecule has 5 heteroatoms. The Morgan fingerprint density at radius 1 is 1.29 bits per heavy atom. The first-order chi connectivity index (χ1) is 10.3. The number of hydrogen-bond donors (Lipinski definition) is 1. The van der Waals surface area contributed by atoms with E-state index in [4.69, 9.17) is 9.47 Å². The highest BCUT2D eigenvalue weighted by Gasteiger charge is 2.22. The zero-order chi connectivity index (χ0) is 14.5. The van der Waals surface area contributed by atoms with Crippen molar-refractivity contribution in [3.05, 3.63) is 29.8 Å². The SMILES string of the molecule is O=C(CCNCC1Cc2ccccc2O1)N1CCOCC1. The highest BCUT2D eigenvalue weighted by molar-refractivity contribution is 5.76. The van der Waals surface area contributed by atoms with Gasteiger partial charge >= 0.3 is 0 Å². The molecule has 21 heavy (non-hydrogen) atoms. The lowest BCUT2D eigenvalue weighted by atomic mass is 10.1. The summed E-state index contributed by atoms with van der Waals surface area (Å²) in [7, 11) is 0. The van der Waals surface area contributed by atoms with E-state index in [-0.39, 0.29) is 12.0 Å². The topological polar surface area (TPSA) is 50.8 Å². The second kappa shape index (κ2) is 6.91. The number of morpholine rings is 1. The first kappa shape index (κ1) is 14.4. The Hall–Kier alpha value is -1.59. The molecular formula is C16H22N2O3. The summed E-state index contributed by atoms with van der Waals surface area (Å²) in [6, 6.07) is 8.16. The van der Waals surface area contributed by atoms with Crippen molar-refractivity contribution in [3.63, 3.8) is 0 Å². The zero-order valence-corrected chi connectivity index (χ0v) is 12.2. The highest BCUT2D eigenvalue weighted by Crippen LogP contribution is 2.27. The summed E-state index contributed by atoms with van der Waals surface area (Å²) in [6.07, 6.45) is 1.67. The maximum Gasteiger partial charge on any atom is 0.224 e. The standard InChI is InChI=1S/C16H22N2O3/c19-16(18-7-9-20-10-8-18)5-6-17-12-14-11-13-3-1-2-4-15(13)21-14/h1-4,14,17H,5-12H2. The lowest BCUT2D eigenvalue weighted by Gasteiger charge is -2.27. The molecule has 2 aliphatic heterocycles. The van der Waals surface area contributed by atoms with Crippen LogP contribution in [0.25, 0.3) is 0 Å². The minimum Gasteiger partial charge on any atom is -0.488 e. The highest BCUT2D eigenvalue weighted by atomic mass is 16.5. The maximum atomic E-state index is 12.0. The molecule has 2 aliphatic rings. The smallest absolute Gasteiger partial charge is 0.224 e. The number of amides is 1. The Morgan fingerprint density at radius 2 is 2.10 bits per heavy atom. The third-order valence-corrected chi connectivity index (χ3v) is 3.97. The normalized spacial score (nSPS) is 21.0. The zero-order valence-electron chi connectivity index (χ0n) is 12.2. The predicted molar refractivity (Wildman–Crippen MR) is 79.4 cm³/mol. The minimum absolute atomic E-state index is 0.181.